The minimum absolute atomic E-state index is 0.0654. The largest absolute Gasteiger partial charge is 0.282 e. The molecule has 2 bridgehead atoms. The van der Waals surface area contributed by atoms with Crippen LogP contribution < -0.4 is 0 Å². The van der Waals surface area contributed by atoms with Gasteiger partial charge in [0.1, 0.15) is 5.69 Å². The number of hydrogen-bond donors (Lipinski definition) is 0. The number of rotatable bonds is 3. The van der Waals surface area contributed by atoms with E-state index in [0.29, 0.717) is 11.8 Å². The number of alkyl halides is 2. The SMILES string of the molecule is CCCn1nc(C(F)F)c2c1C1CCC2C1. The normalized spacial score (nSPS) is 26.8. The van der Waals surface area contributed by atoms with E-state index >= 15 is 0 Å². The highest BCUT2D eigenvalue weighted by molar-refractivity contribution is 5.41. The Labute approximate surface area is 93.6 Å². The highest BCUT2D eigenvalue weighted by Gasteiger charge is 2.43. The van der Waals surface area contributed by atoms with E-state index in [-0.39, 0.29) is 5.69 Å². The van der Waals surface area contributed by atoms with Crippen molar-refractivity contribution in [3.63, 3.8) is 0 Å². The van der Waals surface area contributed by atoms with Crippen LogP contribution in [0.4, 0.5) is 8.78 Å². The van der Waals surface area contributed by atoms with Crippen molar-refractivity contribution in [2.24, 2.45) is 0 Å². The van der Waals surface area contributed by atoms with E-state index in [1.165, 1.54) is 0 Å². The Balaban J connectivity index is 2.10. The average molecular weight is 226 g/mol. The molecule has 16 heavy (non-hydrogen) atoms. The van der Waals surface area contributed by atoms with E-state index in [0.717, 1.165) is 43.5 Å². The lowest BCUT2D eigenvalue weighted by molar-refractivity contribution is 0.143. The van der Waals surface area contributed by atoms with Gasteiger partial charge in [0.15, 0.2) is 0 Å². The molecule has 2 nitrogen and oxygen atoms in total. The molecule has 2 aliphatic rings. The van der Waals surface area contributed by atoms with Crippen LogP contribution in [0.15, 0.2) is 0 Å². The molecule has 2 atom stereocenters. The minimum atomic E-state index is -2.41. The van der Waals surface area contributed by atoms with E-state index in [4.69, 9.17) is 0 Å². The first-order valence-corrected chi connectivity index (χ1v) is 6.11. The van der Waals surface area contributed by atoms with Gasteiger partial charge in [0.05, 0.1) is 0 Å². The van der Waals surface area contributed by atoms with Crippen LogP contribution in [0.5, 0.6) is 0 Å². The number of aromatic nitrogens is 2. The zero-order valence-electron chi connectivity index (χ0n) is 9.42. The first kappa shape index (κ1) is 10.2. The predicted molar refractivity (Wildman–Crippen MR) is 56.8 cm³/mol. The molecule has 0 radical (unpaired) electrons. The summed E-state index contributed by atoms with van der Waals surface area (Å²) in [5.41, 5.74) is 2.10. The molecule has 0 aromatic carbocycles. The fraction of sp³-hybridized carbons (Fsp3) is 0.750. The lowest BCUT2D eigenvalue weighted by Gasteiger charge is -2.13. The monoisotopic (exact) mass is 226 g/mol. The van der Waals surface area contributed by atoms with E-state index < -0.39 is 6.43 Å². The summed E-state index contributed by atoms with van der Waals surface area (Å²) < 4.78 is 27.7. The second kappa shape index (κ2) is 3.54. The van der Waals surface area contributed by atoms with Crippen LogP contribution in [-0.4, -0.2) is 9.78 Å². The molecule has 1 saturated carbocycles. The highest BCUT2D eigenvalue weighted by atomic mass is 19.3. The summed E-state index contributed by atoms with van der Waals surface area (Å²) in [6, 6.07) is 0. The molecule has 2 aliphatic carbocycles. The molecule has 1 aromatic rings. The van der Waals surface area contributed by atoms with Crippen molar-refractivity contribution in [1.82, 2.24) is 9.78 Å². The molecule has 2 unspecified atom stereocenters. The van der Waals surface area contributed by atoms with E-state index in [1.807, 2.05) is 4.68 Å². The Morgan fingerprint density at radius 2 is 2.12 bits per heavy atom. The molecule has 0 saturated heterocycles. The first-order valence-electron chi connectivity index (χ1n) is 6.11. The highest BCUT2D eigenvalue weighted by Crippen LogP contribution is 2.55. The van der Waals surface area contributed by atoms with Crippen molar-refractivity contribution in [2.45, 2.75) is 57.4 Å². The second-order valence-corrected chi connectivity index (χ2v) is 4.91. The Bertz CT molecular complexity index is 411. The Morgan fingerprint density at radius 1 is 1.38 bits per heavy atom. The fourth-order valence-corrected chi connectivity index (χ4v) is 3.39. The van der Waals surface area contributed by atoms with Crippen LogP contribution in [-0.2, 0) is 6.54 Å². The third-order valence-electron chi connectivity index (χ3n) is 3.93. The standard InChI is InChI=1S/C12H16F2N2/c1-2-5-16-11-8-4-3-7(6-8)9(11)10(15-16)12(13)14/h7-8,12H,2-6H2,1H3. The van der Waals surface area contributed by atoms with Crippen molar-refractivity contribution >= 4 is 0 Å². The van der Waals surface area contributed by atoms with Gasteiger partial charge in [-0.3, -0.25) is 4.68 Å². The third-order valence-corrected chi connectivity index (χ3v) is 3.93. The zero-order chi connectivity index (χ0) is 11.3. The molecule has 0 aliphatic heterocycles. The number of halogens is 2. The smallest absolute Gasteiger partial charge is 0.269 e. The van der Waals surface area contributed by atoms with Crippen LogP contribution in [0.1, 0.15) is 67.8 Å². The third kappa shape index (κ3) is 1.25. The van der Waals surface area contributed by atoms with Crippen LogP contribution in [0.3, 0.4) is 0 Å². The lowest BCUT2D eigenvalue weighted by Crippen LogP contribution is -2.07. The van der Waals surface area contributed by atoms with Crippen LogP contribution in [0, 0.1) is 0 Å². The molecule has 1 fully saturated rings. The van der Waals surface area contributed by atoms with Gasteiger partial charge in [-0.25, -0.2) is 8.78 Å². The minimum Gasteiger partial charge on any atom is -0.269 e. The molecule has 0 amide bonds. The zero-order valence-corrected chi connectivity index (χ0v) is 9.42. The maximum absolute atomic E-state index is 12.9. The van der Waals surface area contributed by atoms with Crippen molar-refractivity contribution in [2.75, 3.05) is 0 Å². The number of nitrogens with zero attached hydrogens (tertiary/aromatic N) is 2. The van der Waals surface area contributed by atoms with E-state index in [9.17, 15) is 8.78 Å². The molecule has 4 heteroatoms. The van der Waals surface area contributed by atoms with Gasteiger partial charge >= 0.3 is 0 Å². The molecule has 1 heterocycles. The first-order chi connectivity index (χ1) is 7.72. The maximum Gasteiger partial charge on any atom is 0.282 e. The van der Waals surface area contributed by atoms with Crippen molar-refractivity contribution in [3.05, 3.63) is 17.0 Å². The topological polar surface area (TPSA) is 17.8 Å². The molecule has 3 rings (SSSR count). The number of fused-ring (bicyclic) bond motifs is 5. The van der Waals surface area contributed by atoms with Crippen molar-refractivity contribution < 1.29 is 8.78 Å². The van der Waals surface area contributed by atoms with E-state index in [2.05, 4.69) is 12.0 Å². The van der Waals surface area contributed by atoms with Gasteiger partial charge in [-0.05, 0) is 31.6 Å². The van der Waals surface area contributed by atoms with Crippen LogP contribution >= 0.6 is 0 Å². The van der Waals surface area contributed by atoms with Crippen molar-refractivity contribution in [1.29, 1.82) is 0 Å². The van der Waals surface area contributed by atoms with Gasteiger partial charge in [-0.2, -0.15) is 5.10 Å². The van der Waals surface area contributed by atoms with Gasteiger partial charge < -0.3 is 0 Å². The Hall–Kier alpha value is -0.930. The van der Waals surface area contributed by atoms with Gasteiger partial charge in [0.25, 0.3) is 6.43 Å². The van der Waals surface area contributed by atoms with Gasteiger partial charge in [0.2, 0.25) is 0 Å². The molecule has 88 valence electrons. The second-order valence-electron chi connectivity index (χ2n) is 4.91. The van der Waals surface area contributed by atoms with Crippen LogP contribution in [0.2, 0.25) is 0 Å². The molecule has 1 aromatic heterocycles. The lowest BCUT2D eigenvalue weighted by atomic mass is 9.95. The molecular formula is C12H16F2N2. The number of aryl methyl sites for hydroxylation is 1. The molecule has 0 N–H and O–H groups in total. The summed E-state index contributed by atoms with van der Waals surface area (Å²) in [5, 5.41) is 4.13. The van der Waals surface area contributed by atoms with Gasteiger partial charge in [-0.15, -0.1) is 0 Å². The Morgan fingerprint density at radius 3 is 2.81 bits per heavy atom. The quantitative estimate of drug-likeness (QED) is 0.770. The number of hydrogen-bond acceptors (Lipinski definition) is 1. The predicted octanol–water partition coefficient (Wildman–Crippen LogP) is 3.60. The van der Waals surface area contributed by atoms with Crippen molar-refractivity contribution in [3.8, 4) is 0 Å². The summed E-state index contributed by atoms with van der Waals surface area (Å²) in [5.74, 6) is 0.876. The molecule has 0 spiro atoms. The molecular weight excluding hydrogens is 210 g/mol. The summed E-state index contributed by atoms with van der Waals surface area (Å²) in [7, 11) is 0. The summed E-state index contributed by atoms with van der Waals surface area (Å²) in [6.07, 6.45) is 1.86. The fourth-order valence-electron chi connectivity index (χ4n) is 3.39. The van der Waals surface area contributed by atoms with Gasteiger partial charge in [-0.1, -0.05) is 6.92 Å². The average Bonchev–Trinajstić information content (AvgIpc) is 2.88. The van der Waals surface area contributed by atoms with Gasteiger partial charge in [0, 0.05) is 23.7 Å². The summed E-state index contributed by atoms with van der Waals surface area (Å²) in [6.45, 7) is 2.83. The summed E-state index contributed by atoms with van der Waals surface area (Å²) in [4.78, 5) is 0. The van der Waals surface area contributed by atoms with Crippen LogP contribution in [0.25, 0.3) is 0 Å². The van der Waals surface area contributed by atoms with E-state index in [1.54, 1.807) is 0 Å². The summed E-state index contributed by atoms with van der Waals surface area (Å²) >= 11 is 0. The Kier molecular flexibility index (Phi) is 2.26. The maximum atomic E-state index is 12.9.